The number of aromatic nitrogens is 4. The molecule has 18 heavy (non-hydrogen) atoms. The van der Waals surface area contributed by atoms with Crippen molar-refractivity contribution in [2.45, 2.75) is 45.2 Å². The minimum Gasteiger partial charge on any atom is -0.347 e. The third-order valence-electron chi connectivity index (χ3n) is 3.35. The minimum absolute atomic E-state index is 0.518. The lowest BCUT2D eigenvalue weighted by molar-refractivity contribution is 0.379. The summed E-state index contributed by atoms with van der Waals surface area (Å²) in [6.45, 7) is 2.33. The van der Waals surface area contributed by atoms with Crippen molar-refractivity contribution >= 4 is 5.95 Å². The van der Waals surface area contributed by atoms with Gasteiger partial charge in [-0.15, -0.1) is 0 Å². The first-order chi connectivity index (χ1) is 8.83. The molecule has 1 aliphatic carbocycles. The molecule has 0 spiro atoms. The molecule has 2 aromatic rings. The zero-order valence-corrected chi connectivity index (χ0v) is 10.5. The molecule has 0 atom stereocenters. The Morgan fingerprint density at radius 2 is 2.28 bits per heavy atom. The highest BCUT2D eigenvalue weighted by atomic mass is 16.5. The van der Waals surface area contributed by atoms with E-state index in [1.165, 1.54) is 25.7 Å². The van der Waals surface area contributed by atoms with Gasteiger partial charge in [-0.05, 0) is 19.8 Å². The predicted molar refractivity (Wildman–Crippen MR) is 66.1 cm³/mol. The lowest BCUT2D eigenvalue weighted by Crippen LogP contribution is -2.10. The third kappa shape index (κ3) is 2.23. The summed E-state index contributed by atoms with van der Waals surface area (Å²) in [6, 6.07) is 0.583. The molecule has 0 saturated heterocycles. The molecule has 1 saturated carbocycles. The summed E-state index contributed by atoms with van der Waals surface area (Å²) in [6.07, 6.45) is 8.97. The molecule has 6 nitrogen and oxygen atoms in total. The number of imidazole rings is 1. The van der Waals surface area contributed by atoms with Gasteiger partial charge in [0.25, 0.3) is 0 Å². The zero-order chi connectivity index (χ0) is 12.4. The molecule has 96 valence electrons. The second-order valence-corrected chi connectivity index (χ2v) is 4.69. The van der Waals surface area contributed by atoms with Gasteiger partial charge in [-0.2, -0.15) is 4.98 Å². The maximum atomic E-state index is 5.07. The Hall–Kier alpha value is -1.85. The quantitative estimate of drug-likeness (QED) is 0.897. The van der Waals surface area contributed by atoms with E-state index in [1.54, 1.807) is 0 Å². The van der Waals surface area contributed by atoms with Crippen LogP contribution in [0.15, 0.2) is 16.9 Å². The van der Waals surface area contributed by atoms with Gasteiger partial charge >= 0.3 is 0 Å². The first-order valence-electron chi connectivity index (χ1n) is 6.39. The van der Waals surface area contributed by atoms with E-state index >= 15 is 0 Å². The Labute approximate surface area is 105 Å². The van der Waals surface area contributed by atoms with Gasteiger partial charge in [-0.25, -0.2) is 4.98 Å². The van der Waals surface area contributed by atoms with E-state index in [-0.39, 0.29) is 0 Å². The van der Waals surface area contributed by atoms with Crippen LogP contribution in [0.1, 0.15) is 43.4 Å². The fourth-order valence-corrected chi connectivity index (χ4v) is 2.49. The molecule has 3 rings (SSSR count). The monoisotopic (exact) mass is 247 g/mol. The van der Waals surface area contributed by atoms with Crippen LogP contribution in [0.25, 0.3) is 0 Å². The van der Waals surface area contributed by atoms with Crippen LogP contribution in [0.2, 0.25) is 0 Å². The summed E-state index contributed by atoms with van der Waals surface area (Å²) < 4.78 is 7.29. The van der Waals surface area contributed by atoms with E-state index in [0.717, 1.165) is 5.95 Å². The van der Waals surface area contributed by atoms with Crippen molar-refractivity contribution in [3.8, 4) is 0 Å². The summed E-state index contributed by atoms with van der Waals surface area (Å²) in [5.74, 6) is 2.14. The largest absolute Gasteiger partial charge is 0.347 e. The van der Waals surface area contributed by atoms with Crippen molar-refractivity contribution in [1.29, 1.82) is 0 Å². The molecule has 2 heterocycles. The highest BCUT2D eigenvalue weighted by Gasteiger charge is 2.19. The van der Waals surface area contributed by atoms with Crippen LogP contribution < -0.4 is 5.32 Å². The van der Waals surface area contributed by atoms with E-state index < -0.39 is 0 Å². The van der Waals surface area contributed by atoms with Crippen molar-refractivity contribution in [1.82, 2.24) is 19.7 Å². The molecule has 6 heteroatoms. The standard InChI is InChI=1S/C12H17N5O/c1-9-15-11(18-16-9)8-14-12-13-6-7-17(12)10-4-2-3-5-10/h6-7,10H,2-5,8H2,1H3,(H,13,14). The number of anilines is 1. The summed E-state index contributed by atoms with van der Waals surface area (Å²) in [7, 11) is 0. The average Bonchev–Trinajstić information content (AvgIpc) is 3.07. The summed E-state index contributed by atoms with van der Waals surface area (Å²) >= 11 is 0. The fourth-order valence-electron chi connectivity index (χ4n) is 2.49. The van der Waals surface area contributed by atoms with Crippen LogP contribution in [0.5, 0.6) is 0 Å². The number of nitrogens with one attached hydrogen (secondary N) is 1. The summed E-state index contributed by atoms with van der Waals surface area (Å²) in [4.78, 5) is 8.50. The Morgan fingerprint density at radius 3 is 3.00 bits per heavy atom. The van der Waals surface area contributed by atoms with Crippen LogP contribution in [0.3, 0.4) is 0 Å². The molecule has 0 amide bonds. The number of hydrogen-bond donors (Lipinski definition) is 1. The van der Waals surface area contributed by atoms with E-state index in [0.29, 0.717) is 24.3 Å². The fraction of sp³-hybridized carbons (Fsp3) is 0.583. The molecular formula is C12H17N5O. The first kappa shape index (κ1) is 11.3. The van der Waals surface area contributed by atoms with Gasteiger partial charge in [0, 0.05) is 18.4 Å². The molecule has 0 unspecified atom stereocenters. The van der Waals surface area contributed by atoms with Gasteiger partial charge in [0.05, 0.1) is 6.54 Å². The first-order valence-corrected chi connectivity index (χ1v) is 6.39. The number of nitrogens with zero attached hydrogens (tertiary/aromatic N) is 4. The summed E-state index contributed by atoms with van der Waals surface area (Å²) in [5.41, 5.74) is 0. The Bertz CT molecular complexity index is 512. The van der Waals surface area contributed by atoms with Gasteiger partial charge in [-0.1, -0.05) is 18.0 Å². The third-order valence-corrected chi connectivity index (χ3v) is 3.35. The molecule has 0 aliphatic heterocycles. The van der Waals surface area contributed by atoms with Crippen molar-refractivity contribution in [2.24, 2.45) is 0 Å². The highest BCUT2D eigenvalue weighted by Crippen LogP contribution is 2.31. The van der Waals surface area contributed by atoms with Crippen LogP contribution in [-0.2, 0) is 6.54 Å². The number of hydrogen-bond acceptors (Lipinski definition) is 5. The second-order valence-electron chi connectivity index (χ2n) is 4.69. The van der Waals surface area contributed by atoms with Gasteiger partial charge in [0.15, 0.2) is 5.82 Å². The number of aryl methyl sites for hydroxylation is 1. The SMILES string of the molecule is Cc1noc(CNc2nccn2C2CCCC2)n1. The van der Waals surface area contributed by atoms with Crippen molar-refractivity contribution < 1.29 is 4.52 Å². The van der Waals surface area contributed by atoms with Crippen molar-refractivity contribution in [3.63, 3.8) is 0 Å². The molecule has 1 fully saturated rings. The lowest BCUT2D eigenvalue weighted by Gasteiger charge is -2.14. The Kier molecular flexibility index (Phi) is 3.00. The average molecular weight is 247 g/mol. The molecule has 1 N–H and O–H groups in total. The van der Waals surface area contributed by atoms with Crippen molar-refractivity contribution in [2.75, 3.05) is 5.32 Å². The predicted octanol–water partition coefficient (Wildman–Crippen LogP) is 2.30. The zero-order valence-electron chi connectivity index (χ0n) is 10.5. The molecule has 0 aromatic carbocycles. The van der Waals surface area contributed by atoms with Crippen LogP contribution in [-0.4, -0.2) is 19.7 Å². The topological polar surface area (TPSA) is 68.8 Å². The molecule has 0 bridgehead atoms. The van der Waals surface area contributed by atoms with E-state index in [2.05, 4.69) is 25.0 Å². The maximum absolute atomic E-state index is 5.07. The van der Waals surface area contributed by atoms with Crippen LogP contribution >= 0.6 is 0 Å². The van der Waals surface area contributed by atoms with E-state index in [9.17, 15) is 0 Å². The number of rotatable bonds is 4. The van der Waals surface area contributed by atoms with Gasteiger partial charge in [0.2, 0.25) is 11.8 Å². The molecule has 2 aromatic heterocycles. The maximum Gasteiger partial charge on any atom is 0.246 e. The van der Waals surface area contributed by atoms with E-state index in [4.69, 9.17) is 4.52 Å². The van der Waals surface area contributed by atoms with Crippen LogP contribution in [0, 0.1) is 6.92 Å². The highest BCUT2D eigenvalue weighted by molar-refractivity contribution is 5.27. The van der Waals surface area contributed by atoms with E-state index in [1.807, 2.05) is 19.3 Å². The van der Waals surface area contributed by atoms with Gasteiger partial charge in [0.1, 0.15) is 0 Å². The Balaban J connectivity index is 1.67. The van der Waals surface area contributed by atoms with Gasteiger partial charge in [-0.3, -0.25) is 0 Å². The lowest BCUT2D eigenvalue weighted by atomic mass is 10.2. The van der Waals surface area contributed by atoms with Gasteiger partial charge < -0.3 is 14.4 Å². The molecular weight excluding hydrogens is 230 g/mol. The van der Waals surface area contributed by atoms with Crippen LogP contribution in [0.4, 0.5) is 5.95 Å². The summed E-state index contributed by atoms with van der Waals surface area (Å²) in [5, 5.41) is 7.02. The second kappa shape index (κ2) is 4.80. The molecule has 1 aliphatic rings. The minimum atomic E-state index is 0.518. The smallest absolute Gasteiger partial charge is 0.246 e. The molecule has 0 radical (unpaired) electrons. The normalized spacial score (nSPS) is 16.3. The van der Waals surface area contributed by atoms with Crippen molar-refractivity contribution in [3.05, 3.63) is 24.1 Å². The Morgan fingerprint density at radius 1 is 1.44 bits per heavy atom.